The molecule has 3 aromatic heterocycles. The van der Waals surface area contributed by atoms with Gasteiger partial charge in [0.25, 0.3) is 5.89 Å². The van der Waals surface area contributed by atoms with Gasteiger partial charge in [-0.25, -0.2) is 9.50 Å². The van der Waals surface area contributed by atoms with Gasteiger partial charge in [-0.1, -0.05) is 30.3 Å². The van der Waals surface area contributed by atoms with Crippen LogP contribution in [0.3, 0.4) is 0 Å². The van der Waals surface area contributed by atoms with Crippen molar-refractivity contribution in [3.8, 4) is 23.0 Å². The summed E-state index contributed by atoms with van der Waals surface area (Å²) in [5.74, 6) is 1.03. The number of benzene rings is 1. The van der Waals surface area contributed by atoms with Gasteiger partial charge >= 0.3 is 0 Å². The van der Waals surface area contributed by atoms with E-state index in [-0.39, 0.29) is 0 Å². The van der Waals surface area contributed by atoms with E-state index in [2.05, 4.69) is 50.7 Å². The number of aryl methyl sites for hydroxylation is 1. The van der Waals surface area contributed by atoms with E-state index in [4.69, 9.17) is 4.52 Å². The lowest BCUT2D eigenvalue weighted by Crippen LogP contribution is -2.19. The first-order valence-electron chi connectivity index (χ1n) is 9.75. The Bertz CT molecular complexity index is 1140. The van der Waals surface area contributed by atoms with Crippen LogP contribution in [-0.2, 0) is 6.42 Å². The Hall–Kier alpha value is -3.06. The Labute approximate surface area is 162 Å². The van der Waals surface area contributed by atoms with E-state index in [1.807, 2.05) is 25.3 Å². The molecule has 0 radical (unpaired) electrons. The highest BCUT2D eigenvalue weighted by atomic mass is 16.5. The van der Waals surface area contributed by atoms with Crippen LogP contribution in [0.5, 0.6) is 0 Å². The van der Waals surface area contributed by atoms with Crippen molar-refractivity contribution in [2.75, 3.05) is 6.54 Å². The number of fused-ring (bicyclic) bond motifs is 2. The number of nitrogens with zero attached hydrogens (tertiary/aromatic N) is 5. The Balaban J connectivity index is 1.49. The van der Waals surface area contributed by atoms with Gasteiger partial charge < -0.3 is 9.84 Å². The molecule has 4 aromatic rings. The quantitative estimate of drug-likeness (QED) is 0.573. The standard InChI is InChI=1S/C21H22N6O/c1-3-11-22-17-9-8-14-15(17)5-4-6-16(14)20-24-21(28-26-20)18-12-27-19(23-18)10-7-13(2)25-27/h4-7,10,12,17,22H,3,8-9,11H2,1-2H3. The van der Waals surface area contributed by atoms with Crippen LogP contribution in [-0.4, -0.2) is 31.3 Å². The highest BCUT2D eigenvalue weighted by Gasteiger charge is 2.26. The summed E-state index contributed by atoms with van der Waals surface area (Å²) in [6.07, 6.45) is 5.08. The molecule has 0 fully saturated rings. The third kappa shape index (κ3) is 2.88. The Morgan fingerprint density at radius 3 is 3.04 bits per heavy atom. The number of aromatic nitrogens is 5. The van der Waals surface area contributed by atoms with E-state index >= 15 is 0 Å². The molecule has 0 saturated carbocycles. The number of imidazole rings is 1. The lowest BCUT2D eigenvalue weighted by Gasteiger charge is -2.13. The minimum atomic E-state index is 0.411. The lowest BCUT2D eigenvalue weighted by atomic mass is 10.0. The summed E-state index contributed by atoms with van der Waals surface area (Å²) in [4.78, 5) is 9.17. The van der Waals surface area contributed by atoms with Crippen LogP contribution >= 0.6 is 0 Å². The average Bonchev–Trinajstić information content (AvgIpc) is 3.43. The van der Waals surface area contributed by atoms with Gasteiger partial charge in [0.15, 0.2) is 5.65 Å². The van der Waals surface area contributed by atoms with Gasteiger partial charge in [0.2, 0.25) is 5.82 Å². The maximum Gasteiger partial charge on any atom is 0.278 e. The summed E-state index contributed by atoms with van der Waals surface area (Å²) in [5, 5.41) is 12.3. The van der Waals surface area contributed by atoms with Gasteiger partial charge in [-0.3, -0.25) is 0 Å². The van der Waals surface area contributed by atoms with E-state index < -0.39 is 0 Å². The van der Waals surface area contributed by atoms with Gasteiger partial charge in [-0.15, -0.1) is 0 Å². The first-order valence-corrected chi connectivity index (χ1v) is 9.75. The Morgan fingerprint density at radius 2 is 2.14 bits per heavy atom. The van der Waals surface area contributed by atoms with E-state index in [0.29, 0.717) is 23.5 Å². The third-order valence-corrected chi connectivity index (χ3v) is 5.25. The second-order valence-corrected chi connectivity index (χ2v) is 7.25. The summed E-state index contributed by atoms with van der Waals surface area (Å²) < 4.78 is 7.27. The molecule has 0 amide bonds. The zero-order valence-electron chi connectivity index (χ0n) is 16.0. The molecule has 0 bridgehead atoms. The summed E-state index contributed by atoms with van der Waals surface area (Å²) in [5.41, 5.74) is 6.03. The van der Waals surface area contributed by atoms with Crippen molar-refractivity contribution >= 4 is 5.65 Å². The molecule has 1 aliphatic carbocycles. The minimum absolute atomic E-state index is 0.411. The third-order valence-electron chi connectivity index (χ3n) is 5.25. The fourth-order valence-corrected chi connectivity index (χ4v) is 3.91. The van der Waals surface area contributed by atoms with E-state index in [0.717, 1.165) is 42.7 Å². The van der Waals surface area contributed by atoms with Crippen LogP contribution < -0.4 is 5.32 Å². The molecule has 5 rings (SSSR count). The molecule has 3 heterocycles. The molecule has 142 valence electrons. The van der Waals surface area contributed by atoms with Crippen LogP contribution in [0.1, 0.15) is 42.6 Å². The molecule has 1 aliphatic rings. The molecule has 1 unspecified atom stereocenters. The van der Waals surface area contributed by atoms with Crippen molar-refractivity contribution in [2.45, 2.75) is 39.2 Å². The van der Waals surface area contributed by atoms with Crippen LogP contribution in [0.15, 0.2) is 41.1 Å². The lowest BCUT2D eigenvalue weighted by molar-refractivity contribution is 0.431. The topological polar surface area (TPSA) is 81.1 Å². The molecule has 1 N–H and O–H groups in total. The number of nitrogens with one attached hydrogen (secondary N) is 1. The maximum absolute atomic E-state index is 5.54. The maximum atomic E-state index is 5.54. The van der Waals surface area contributed by atoms with Gasteiger partial charge in [0.05, 0.1) is 11.9 Å². The minimum Gasteiger partial charge on any atom is -0.332 e. The molecule has 1 atom stereocenters. The van der Waals surface area contributed by atoms with Crippen LogP contribution in [0, 0.1) is 6.92 Å². The summed E-state index contributed by atoms with van der Waals surface area (Å²) in [6.45, 7) is 5.17. The molecule has 0 spiro atoms. The van der Waals surface area contributed by atoms with Crippen LogP contribution in [0.4, 0.5) is 0 Å². The monoisotopic (exact) mass is 374 g/mol. The van der Waals surface area contributed by atoms with Gasteiger partial charge in [0, 0.05) is 11.6 Å². The van der Waals surface area contributed by atoms with E-state index in [1.54, 1.807) is 4.52 Å². The summed E-state index contributed by atoms with van der Waals surface area (Å²) in [7, 11) is 0. The van der Waals surface area contributed by atoms with E-state index in [1.165, 1.54) is 11.1 Å². The van der Waals surface area contributed by atoms with Gasteiger partial charge in [-0.2, -0.15) is 10.1 Å². The van der Waals surface area contributed by atoms with Crippen molar-refractivity contribution in [3.05, 3.63) is 53.3 Å². The summed E-state index contributed by atoms with van der Waals surface area (Å²) in [6, 6.07) is 10.6. The van der Waals surface area contributed by atoms with E-state index in [9.17, 15) is 0 Å². The smallest absolute Gasteiger partial charge is 0.278 e. The second kappa shape index (κ2) is 6.83. The van der Waals surface area contributed by atoms with Gasteiger partial charge in [0.1, 0.15) is 5.69 Å². The fraction of sp³-hybridized carbons (Fsp3) is 0.333. The molecule has 7 nitrogen and oxygen atoms in total. The molecule has 0 saturated heterocycles. The van der Waals surface area contributed by atoms with Gasteiger partial charge in [-0.05, 0) is 56.0 Å². The van der Waals surface area contributed by atoms with Crippen molar-refractivity contribution in [2.24, 2.45) is 0 Å². The normalized spacial score (nSPS) is 16.0. The van der Waals surface area contributed by atoms with Crippen molar-refractivity contribution in [1.29, 1.82) is 0 Å². The zero-order chi connectivity index (χ0) is 19.1. The number of hydrogen-bond acceptors (Lipinski definition) is 6. The molecular weight excluding hydrogens is 352 g/mol. The van der Waals surface area contributed by atoms with Crippen molar-refractivity contribution in [1.82, 2.24) is 30.1 Å². The second-order valence-electron chi connectivity index (χ2n) is 7.25. The SMILES string of the molecule is CCCNC1CCc2c(-c3noc(-c4cn5nc(C)ccc5n4)n3)cccc21. The molecular formula is C21H22N6O. The predicted molar refractivity (Wildman–Crippen MR) is 106 cm³/mol. The van der Waals surface area contributed by atoms with Crippen molar-refractivity contribution in [3.63, 3.8) is 0 Å². The number of rotatable bonds is 5. The highest BCUT2D eigenvalue weighted by molar-refractivity contribution is 5.65. The first kappa shape index (κ1) is 17.1. The molecule has 1 aromatic carbocycles. The zero-order valence-corrected chi connectivity index (χ0v) is 16.0. The van der Waals surface area contributed by atoms with Crippen molar-refractivity contribution < 1.29 is 4.52 Å². The Morgan fingerprint density at radius 1 is 1.21 bits per heavy atom. The molecule has 0 aliphatic heterocycles. The van der Waals surface area contributed by atoms with Crippen LogP contribution in [0.2, 0.25) is 0 Å². The average molecular weight is 374 g/mol. The highest BCUT2D eigenvalue weighted by Crippen LogP contribution is 2.37. The molecule has 28 heavy (non-hydrogen) atoms. The largest absolute Gasteiger partial charge is 0.332 e. The first-order chi connectivity index (χ1) is 13.7. The number of hydrogen-bond donors (Lipinski definition) is 1. The predicted octanol–water partition coefficient (Wildman–Crippen LogP) is 3.74. The van der Waals surface area contributed by atoms with Crippen LogP contribution in [0.25, 0.3) is 28.6 Å². The summed E-state index contributed by atoms with van der Waals surface area (Å²) >= 11 is 0. The Kier molecular flexibility index (Phi) is 4.16. The fourth-order valence-electron chi connectivity index (χ4n) is 3.91. The molecule has 7 heteroatoms.